The monoisotopic (exact) mass is 431 g/mol. The SMILES string of the molecule is NC1CCC(Nc2c(C(=O)C3CC3)cnc3ccc(-c4ccc(O)c(CO)c4)cc23)CC1. The van der Waals surface area contributed by atoms with Crippen LogP contribution < -0.4 is 11.1 Å². The average molecular weight is 432 g/mol. The van der Waals surface area contributed by atoms with Crippen LogP contribution in [0.15, 0.2) is 42.6 Å². The lowest BCUT2D eigenvalue weighted by molar-refractivity contribution is 0.0968. The van der Waals surface area contributed by atoms with Gasteiger partial charge in [-0.3, -0.25) is 9.78 Å². The van der Waals surface area contributed by atoms with Gasteiger partial charge in [0.05, 0.1) is 23.4 Å². The molecule has 6 heteroatoms. The lowest BCUT2D eigenvalue weighted by atomic mass is 9.91. The van der Waals surface area contributed by atoms with E-state index in [0.717, 1.165) is 66.2 Å². The van der Waals surface area contributed by atoms with E-state index in [1.54, 1.807) is 18.3 Å². The predicted molar refractivity (Wildman–Crippen MR) is 126 cm³/mol. The van der Waals surface area contributed by atoms with E-state index in [9.17, 15) is 15.0 Å². The first-order valence-electron chi connectivity index (χ1n) is 11.5. The smallest absolute Gasteiger partial charge is 0.169 e. The van der Waals surface area contributed by atoms with Crippen molar-refractivity contribution in [1.29, 1.82) is 0 Å². The Kier molecular flexibility index (Phi) is 5.57. The van der Waals surface area contributed by atoms with E-state index < -0.39 is 0 Å². The molecule has 5 N–H and O–H groups in total. The second-order valence-electron chi connectivity index (χ2n) is 9.17. The molecule has 0 aliphatic heterocycles. The topological polar surface area (TPSA) is 108 Å². The molecule has 0 atom stereocenters. The molecule has 5 rings (SSSR count). The van der Waals surface area contributed by atoms with Crippen molar-refractivity contribution in [2.45, 2.75) is 57.2 Å². The van der Waals surface area contributed by atoms with Crippen molar-refractivity contribution in [1.82, 2.24) is 4.98 Å². The minimum absolute atomic E-state index is 0.0777. The van der Waals surface area contributed by atoms with Gasteiger partial charge in [-0.2, -0.15) is 0 Å². The molecular weight excluding hydrogens is 402 g/mol. The van der Waals surface area contributed by atoms with Crippen molar-refractivity contribution in [3.05, 3.63) is 53.7 Å². The van der Waals surface area contributed by atoms with E-state index in [2.05, 4.69) is 16.4 Å². The maximum absolute atomic E-state index is 13.1. The second-order valence-corrected chi connectivity index (χ2v) is 9.17. The summed E-state index contributed by atoms with van der Waals surface area (Å²) in [5, 5.41) is 24.1. The third-order valence-corrected chi connectivity index (χ3v) is 6.79. The number of Topliss-reactive ketones (excluding diaryl/α,β-unsaturated/α-hetero) is 1. The van der Waals surface area contributed by atoms with Crippen LogP contribution in [-0.2, 0) is 6.61 Å². The van der Waals surface area contributed by atoms with Crippen molar-refractivity contribution < 1.29 is 15.0 Å². The number of aliphatic hydroxyl groups excluding tert-OH is 1. The number of fused-ring (bicyclic) bond motifs is 1. The Hall–Kier alpha value is -2.96. The zero-order valence-electron chi connectivity index (χ0n) is 18.1. The molecule has 3 aromatic rings. The molecule has 32 heavy (non-hydrogen) atoms. The summed E-state index contributed by atoms with van der Waals surface area (Å²) in [5.41, 5.74) is 10.8. The number of anilines is 1. The molecule has 6 nitrogen and oxygen atoms in total. The summed E-state index contributed by atoms with van der Waals surface area (Å²) in [4.78, 5) is 17.7. The molecule has 0 bridgehead atoms. The highest BCUT2D eigenvalue weighted by molar-refractivity contribution is 6.10. The molecule has 0 saturated heterocycles. The average Bonchev–Trinajstić information content (AvgIpc) is 3.66. The van der Waals surface area contributed by atoms with Gasteiger partial charge in [-0.05, 0) is 73.9 Å². The summed E-state index contributed by atoms with van der Waals surface area (Å²) >= 11 is 0. The summed E-state index contributed by atoms with van der Waals surface area (Å²) < 4.78 is 0. The van der Waals surface area contributed by atoms with Crippen LogP contribution >= 0.6 is 0 Å². The normalized spacial score (nSPS) is 20.9. The highest BCUT2D eigenvalue weighted by Crippen LogP contribution is 2.38. The number of phenols is 1. The van der Waals surface area contributed by atoms with Gasteiger partial charge in [0.2, 0.25) is 0 Å². The van der Waals surface area contributed by atoms with Crippen LogP contribution in [0.1, 0.15) is 54.4 Å². The van der Waals surface area contributed by atoms with Gasteiger partial charge in [0.25, 0.3) is 0 Å². The molecule has 0 radical (unpaired) electrons. The zero-order valence-corrected chi connectivity index (χ0v) is 18.1. The van der Waals surface area contributed by atoms with Crippen LogP contribution in [0.2, 0.25) is 0 Å². The lowest BCUT2D eigenvalue weighted by Gasteiger charge is -2.29. The Labute approximate surface area is 187 Å². The van der Waals surface area contributed by atoms with Crippen molar-refractivity contribution in [3.8, 4) is 16.9 Å². The molecule has 2 aliphatic rings. The van der Waals surface area contributed by atoms with Gasteiger partial charge < -0.3 is 21.3 Å². The van der Waals surface area contributed by atoms with E-state index >= 15 is 0 Å². The highest BCUT2D eigenvalue weighted by atomic mass is 16.3. The van der Waals surface area contributed by atoms with Crippen molar-refractivity contribution in [2.24, 2.45) is 11.7 Å². The summed E-state index contributed by atoms with van der Waals surface area (Å²) in [6, 6.07) is 11.8. The molecule has 1 heterocycles. The number of nitrogens with two attached hydrogens (primary N) is 1. The van der Waals surface area contributed by atoms with Crippen LogP contribution in [0, 0.1) is 5.92 Å². The molecule has 0 unspecified atom stereocenters. The third-order valence-electron chi connectivity index (χ3n) is 6.79. The van der Waals surface area contributed by atoms with Crippen molar-refractivity contribution in [3.63, 3.8) is 0 Å². The van der Waals surface area contributed by atoms with Crippen LogP contribution in [0.25, 0.3) is 22.0 Å². The van der Waals surface area contributed by atoms with Gasteiger partial charge in [-0.1, -0.05) is 12.1 Å². The zero-order chi connectivity index (χ0) is 22.2. The maximum atomic E-state index is 13.1. The number of ketones is 1. The molecule has 2 saturated carbocycles. The van der Waals surface area contributed by atoms with Crippen molar-refractivity contribution in [2.75, 3.05) is 5.32 Å². The number of aliphatic hydroxyl groups is 1. The Morgan fingerprint density at radius 3 is 2.47 bits per heavy atom. The highest BCUT2D eigenvalue weighted by Gasteiger charge is 2.33. The molecule has 1 aromatic heterocycles. The molecular formula is C26H29N3O3. The number of carbonyl (C=O) groups is 1. The van der Waals surface area contributed by atoms with Crippen LogP contribution in [0.5, 0.6) is 5.75 Å². The van der Waals surface area contributed by atoms with Gasteiger partial charge in [-0.15, -0.1) is 0 Å². The molecule has 2 fully saturated rings. The molecule has 0 amide bonds. The Bertz CT molecular complexity index is 1160. The number of hydrogen-bond donors (Lipinski definition) is 4. The summed E-state index contributed by atoms with van der Waals surface area (Å²) in [6.45, 7) is -0.231. The van der Waals surface area contributed by atoms with Crippen LogP contribution in [0.3, 0.4) is 0 Å². The summed E-state index contributed by atoms with van der Waals surface area (Å²) in [6.07, 6.45) is 7.56. The lowest BCUT2D eigenvalue weighted by Crippen LogP contribution is -2.33. The van der Waals surface area contributed by atoms with Crippen molar-refractivity contribution >= 4 is 22.4 Å². The van der Waals surface area contributed by atoms with Crippen LogP contribution in [-0.4, -0.2) is 33.1 Å². The minimum atomic E-state index is -0.231. The first kappa shape index (κ1) is 20.9. The van der Waals surface area contributed by atoms with E-state index in [1.165, 1.54) is 0 Å². The number of benzene rings is 2. The first-order chi connectivity index (χ1) is 15.5. The van der Waals surface area contributed by atoms with Crippen LogP contribution in [0.4, 0.5) is 5.69 Å². The maximum Gasteiger partial charge on any atom is 0.169 e. The number of nitrogens with zero attached hydrogens (tertiary/aromatic N) is 1. The number of aromatic nitrogens is 1. The Morgan fingerprint density at radius 1 is 1.03 bits per heavy atom. The number of pyridine rings is 1. The van der Waals surface area contributed by atoms with Gasteiger partial charge in [0.1, 0.15) is 5.75 Å². The van der Waals surface area contributed by atoms with E-state index in [0.29, 0.717) is 11.1 Å². The second kappa shape index (κ2) is 8.52. The van der Waals surface area contributed by atoms with Gasteiger partial charge in [0, 0.05) is 35.1 Å². The fourth-order valence-electron chi connectivity index (χ4n) is 4.64. The quantitative estimate of drug-likeness (QED) is 0.432. The van der Waals surface area contributed by atoms with E-state index in [-0.39, 0.29) is 36.1 Å². The number of nitrogens with one attached hydrogen (secondary N) is 1. The van der Waals surface area contributed by atoms with E-state index in [4.69, 9.17) is 5.73 Å². The first-order valence-corrected chi connectivity index (χ1v) is 11.5. The van der Waals surface area contributed by atoms with Gasteiger partial charge in [-0.25, -0.2) is 0 Å². The number of carbonyl (C=O) groups excluding carboxylic acids is 1. The largest absolute Gasteiger partial charge is 0.508 e. The molecule has 2 aliphatic carbocycles. The van der Waals surface area contributed by atoms with Gasteiger partial charge >= 0.3 is 0 Å². The van der Waals surface area contributed by atoms with E-state index in [1.807, 2.05) is 18.2 Å². The summed E-state index contributed by atoms with van der Waals surface area (Å²) in [5.74, 6) is 0.364. The predicted octanol–water partition coefficient (Wildman–Crippen LogP) is 4.37. The standard InChI is InChI=1S/C26H29N3O3/c27-19-5-7-20(8-6-19)29-25-21-12-17(16-4-10-24(31)18(11-16)14-30)3-9-23(21)28-13-22(25)26(32)15-1-2-15/h3-4,9-13,15,19-20,30-31H,1-2,5-8,14,27H2,(H,28,29). The Morgan fingerprint density at radius 2 is 1.75 bits per heavy atom. The third kappa shape index (κ3) is 4.08. The summed E-state index contributed by atoms with van der Waals surface area (Å²) in [7, 11) is 0. The molecule has 0 spiro atoms. The number of rotatable bonds is 6. The fraction of sp³-hybridized carbons (Fsp3) is 0.385. The number of hydrogen-bond acceptors (Lipinski definition) is 6. The molecule has 2 aromatic carbocycles. The minimum Gasteiger partial charge on any atom is -0.508 e. The van der Waals surface area contributed by atoms with Gasteiger partial charge in [0.15, 0.2) is 5.78 Å². The molecule has 166 valence electrons. The fourth-order valence-corrected chi connectivity index (χ4v) is 4.64. The Balaban J connectivity index is 1.60. The number of aromatic hydroxyl groups is 1.